The Balaban J connectivity index is 1.87. The lowest BCUT2D eigenvalue weighted by Crippen LogP contribution is -2.30. The lowest BCUT2D eigenvalue weighted by molar-refractivity contribution is 0.437. The molecule has 11 heteroatoms. The van der Waals surface area contributed by atoms with Crippen molar-refractivity contribution in [3.63, 3.8) is 0 Å². The summed E-state index contributed by atoms with van der Waals surface area (Å²) in [5.41, 5.74) is 1.43. The highest BCUT2D eigenvalue weighted by Gasteiger charge is 2.17. The van der Waals surface area contributed by atoms with Crippen LogP contribution in [0.15, 0.2) is 42.9 Å². The topological polar surface area (TPSA) is 93.2 Å². The molecule has 3 aromatic rings. The van der Waals surface area contributed by atoms with Gasteiger partial charge in [0.1, 0.15) is 5.75 Å². The molecule has 0 bridgehead atoms. The van der Waals surface area contributed by atoms with Crippen molar-refractivity contribution in [1.82, 2.24) is 14.7 Å². The zero-order valence-electron chi connectivity index (χ0n) is 16.6. The summed E-state index contributed by atoms with van der Waals surface area (Å²) in [5, 5.41) is 0.238. The van der Waals surface area contributed by atoms with Gasteiger partial charge in [0.15, 0.2) is 23.2 Å². The first-order chi connectivity index (χ1) is 14.7. The van der Waals surface area contributed by atoms with Gasteiger partial charge in [-0.3, -0.25) is 9.71 Å². The summed E-state index contributed by atoms with van der Waals surface area (Å²) in [6.45, 7) is 3.47. The smallest absolute Gasteiger partial charge is 0.300 e. The molecule has 2 heterocycles. The minimum atomic E-state index is -3.93. The van der Waals surface area contributed by atoms with Crippen molar-refractivity contribution < 1.29 is 21.9 Å². The Bertz CT molecular complexity index is 1210. The molecule has 2 N–H and O–H groups in total. The molecule has 2 aromatic heterocycles. The summed E-state index contributed by atoms with van der Waals surface area (Å²) in [7, 11) is -3.93. The number of nitrogens with zero attached hydrogens (tertiary/aromatic N) is 2. The van der Waals surface area contributed by atoms with Crippen molar-refractivity contribution in [2.45, 2.75) is 20.3 Å². The lowest BCUT2D eigenvalue weighted by Gasteiger charge is -2.14. The predicted octanol–water partition coefficient (Wildman–Crippen LogP) is 4.37. The Morgan fingerprint density at radius 1 is 1.13 bits per heavy atom. The molecule has 0 aliphatic heterocycles. The van der Waals surface area contributed by atoms with Crippen molar-refractivity contribution in [1.29, 1.82) is 0 Å². The molecule has 0 amide bonds. The number of rotatable bonds is 8. The Labute approximate surface area is 183 Å². The summed E-state index contributed by atoms with van der Waals surface area (Å²) in [6.07, 6.45) is 4.34. The van der Waals surface area contributed by atoms with Crippen molar-refractivity contribution in [2.24, 2.45) is 0 Å². The zero-order chi connectivity index (χ0) is 22.6. The van der Waals surface area contributed by atoms with E-state index in [1.54, 1.807) is 13.8 Å². The van der Waals surface area contributed by atoms with E-state index in [0.717, 1.165) is 6.07 Å². The molecular weight excluding hydrogens is 450 g/mol. The van der Waals surface area contributed by atoms with Crippen LogP contribution in [0.5, 0.6) is 11.5 Å². The Morgan fingerprint density at radius 2 is 1.90 bits per heavy atom. The minimum Gasteiger partial charge on any atom is -0.452 e. The summed E-state index contributed by atoms with van der Waals surface area (Å²) < 4.78 is 62.5. The van der Waals surface area contributed by atoms with Crippen molar-refractivity contribution >= 4 is 27.6 Å². The van der Waals surface area contributed by atoms with Crippen LogP contribution in [0.1, 0.15) is 23.6 Å². The van der Waals surface area contributed by atoms with Crippen LogP contribution in [0.3, 0.4) is 0 Å². The van der Waals surface area contributed by atoms with Crippen molar-refractivity contribution in [2.75, 3.05) is 11.3 Å². The van der Waals surface area contributed by atoms with Crippen molar-refractivity contribution in [3.05, 3.63) is 76.2 Å². The van der Waals surface area contributed by atoms with Gasteiger partial charge in [-0.1, -0.05) is 18.5 Å². The first-order valence-corrected chi connectivity index (χ1v) is 11.0. The van der Waals surface area contributed by atoms with Crippen LogP contribution in [0.4, 0.5) is 14.6 Å². The molecule has 0 saturated carbocycles. The first-order valence-electron chi connectivity index (χ1n) is 9.17. The lowest BCUT2D eigenvalue weighted by atomic mass is 10.0. The third-order valence-corrected chi connectivity index (χ3v) is 5.67. The van der Waals surface area contributed by atoms with E-state index in [2.05, 4.69) is 19.4 Å². The second-order valence-corrected chi connectivity index (χ2v) is 8.45. The SMILES string of the molecule is CCNS(=O)(=O)Nc1nccc(Cc2cncc(Oc3ccc(Cl)cc3F)c2C)c1F. The number of nitrogens with one attached hydrogen (secondary N) is 2. The molecule has 0 saturated heterocycles. The monoisotopic (exact) mass is 468 g/mol. The van der Waals surface area contributed by atoms with Crippen LogP contribution in [0.25, 0.3) is 0 Å². The van der Waals surface area contributed by atoms with Crippen LogP contribution < -0.4 is 14.2 Å². The second-order valence-electron chi connectivity index (χ2n) is 6.51. The number of halogens is 3. The predicted molar refractivity (Wildman–Crippen MR) is 114 cm³/mol. The number of ether oxygens (including phenoxy) is 1. The second kappa shape index (κ2) is 9.54. The van der Waals surface area contributed by atoms with E-state index < -0.39 is 27.7 Å². The highest BCUT2D eigenvalue weighted by Crippen LogP contribution is 2.31. The third-order valence-electron chi connectivity index (χ3n) is 4.30. The number of pyridine rings is 2. The van der Waals surface area contributed by atoms with E-state index in [-0.39, 0.29) is 29.3 Å². The highest BCUT2D eigenvalue weighted by atomic mass is 35.5. The van der Waals surface area contributed by atoms with Crippen LogP contribution in [-0.4, -0.2) is 24.9 Å². The molecule has 3 rings (SSSR count). The molecule has 1 aromatic carbocycles. The van der Waals surface area contributed by atoms with E-state index in [1.165, 1.54) is 36.8 Å². The minimum absolute atomic E-state index is 0.0262. The molecule has 0 atom stereocenters. The summed E-state index contributed by atoms with van der Waals surface area (Å²) in [6, 6.07) is 5.46. The quantitative estimate of drug-likeness (QED) is 0.512. The van der Waals surface area contributed by atoms with E-state index in [0.29, 0.717) is 16.9 Å². The van der Waals surface area contributed by atoms with E-state index in [4.69, 9.17) is 16.3 Å². The number of benzene rings is 1. The van der Waals surface area contributed by atoms with Gasteiger partial charge in [-0.2, -0.15) is 13.1 Å². The van der Waals surface area contributed by atoms with Crippen LogP contribution in [0, 0.1) is 18.6 Å². The van der Waals surface area contributed by atoms with Crippen LogP contribution >= 0.6 is 11.6 Å². The number of anilines is 1. The average molecular weight is 469 g/mol. The number of aromatic nitrogens is 2. The molecule has 0 aliphatic carbocycles. The van der Waals surface area contributed by atoms with Gasteiger partial charge in [0.2, 0.25) is 0 Å². The number of hydrogen-bond donors (Lipinski definition) is 2. The largest absolute Gasteiger partial charge is 0.452 e. The van der Waals surface area contributed by atoms with E-state index in [9.17, 15) is 17.2 Å². The van der Waals surface area contributed by atoms with Crippen LogP contribution in [0.2, 0.25) is 5.02 Å². The van der Waals surface area contributed by atoms with Crippen LogP contribution in [-0.2, 0) is 16.6 Å². The molecule has 0 fully saturated rings. The van der Waals surface area contributed by atoms with Gasteiger partial charge < -0.3 is 4.74 Å². The molecule has 7 nitrogen and oxygen atoms in total. The summed E-state index contributed by atoms with van der Waals surface area (Å²) in [4.78, 5) is 7.85. The molecule has 0 radical (unpaired) electrons. The summed E-state index contributed by atoms with van der Waals surface area (Å²) in [5.74, 6) is -1.59. The molecular formula is C20H19ClF2N4O3S. The normalized spacial score (nSPS) is 11.4. The zero-order valence-corrected chi connectivity index (χ0v) is 18.2. The van der Waals surface area contributed by atoms with Gasteiger partial charge in [0.25, 0.3) is 10.2 Å². The fourth-order valence-corrected chi connectivity index (χ4v) is 3.76. The van der Waals surface area contributed by atoms with Gasteiger partial charge in [0, 0.05) is 30.4 Å². The van der Waals surface area contributed by atoms with Gasteiger partial charge in [-0.25, -0.2) is 13.8 Å². The molecule has 31 heavy (non-hydrogen) atoms. The molecule has 164 valence electrons. The highest BCUT2D eigenvalue weighted by molar-refractivity contribution is 7.90. The molecule has 0 spiro atoms. The van der Waals surface area contributed by atoms with Gasteiger partial charge in [-0.05, 0) is 47.9 Å². The fourth-order valence-electron chi connectivity index (χ4n) is 2.75. The van der Waals surface area contributed by atoms with E-state index in [1.807, 2.05) is 0 Å². The Kier molecular flexibility index (Phi) is 7.04. The van der Waals surface area contributed by atoms with Crippen molar-refractivity contribution in [3.8, 4) is 11.5 Å². The first kappa shape index (κ1) is 22.9. The standard InChI is InChI=1S/C20H19ClF2N4O3S/c1-3-26-31(28,29)27-20-19(23)13(6-7-25-20)8-14-10-24-11-18(12(14)2)30-17-5-4-15(21)9-16(17)22/h4-7,9-11,26H,3,8H2,1-2H3,(H,25,27). The molecule has 0 aliphatic rings. The summed E-state index contributed by atoms with van der Waals surface area (Å²) >= 11 is 5.76. The van der Waals surface area contributed by atoms with Gasteiger partial charge in [-0.15, -0.1) is 0 Å². The maximum Gasteiger partial charge on any atom is 0.300 e. The Morgan fingerprint density at radius 3 is 2.61 bits per heavy atom. The van der Waals surface area contributed by atoms with Gasteiger partial charge in [0.05, 0.1) is 6.20 Å². The van der Waals surface area contributed by atoms with E-state index >= 15 is 0 Å². The maximum atomic E-state index is 14.9. The fraction of sp³-hybridized carbons (Fsp3) is 0.200. The average Bonchev–Trinajstić information content (AvgIpc) is 2.69. The maximum absolute atomic E-state index is 14.9. The third kappa shape index (κ3) is 5.66. The Hall–Kier alpha value is -2.82. The number of hydrogen-bond acceptors (Lipinski definition) is 5. The van der Waals surface area contributed by atoms with Gasteiger partial charge >= 0.3 is 0 Å². The molecule has 0 unspecified atom stereocenters.